The van der Waals surface area contributed by atoms with Gasteiger partial charge in [-0.3, -0.25) is 0 Å². The summed E-state index contributed by atoms with van der Waals surface area (Å²) in [6, 6.07) is 6.67. The second kappa shape index (κ2) is 4.11. The molecular weight excluding hydrogens is 258 g/mol. The van der Waals surface area contributed by atoms with Crippen LogP contribution in [0.5, 0.6) is 0 Å². The number of nitrogens with zero attached hydrogens (tertiary/aromatic N) is 1. The van der Waals surface area contributed by atoms with Gasteiger partial charge >= 0.3 is 9.24 Å². The van der Waals surface area contributed by atoms with Gasteiger partial charge in [-0.15, -0.1) is 0 Å². The molecule has 0 radical (unpaired) electrons. The standard InChI is InChI=1S/C8H10ClNO3S2/c1-7-4-3-5-8(6-7)14(2,11)10-15(9,12)13/h3-6H,1-2H3/t14-/m0/s1. The number of hydrogen-bond acceptors (Lipinski definition) is 3. The van der Waals surface area contributed by atoms with Gasteiger partial charge in [0.1, 0.15) is 0 Å². The molecule has 0 bridgehead atoms. The number of rotatable bonds is 2. The van der Waals surface area contributed by atoms with Crippen molar-refractivity contribution in [2.24, 2.45) is 3.77 Å². The van der Waals surface area contributed by atoms with Crippen LogP contribution in [-0.4, -0.2) is 18.9 Å². The molecule has 0 saturated heterocycles. The Labute approximate surface area is 94.0 Å². The fourth-order valence-electron chi connectivity index (χ4n) is 1.06. The van der Waals surface area contributed by atoms with Crippen LogP contribution in [0, 0.1) is 6.92 Å². The molecule has 0 aromatic heterocycles. The van der Waals surface area contributed by atoms with Crippen molar-refractivity contribution in [3.05, 3.63) is 29.8 Å². The number of benzene rings is 1. The first-order valence-electron chi connectivity index (χ1n) is 3.95. The van der Waals surface area contributed by atoms with E-state index in [1.165, 1.54) is 6.26 Å². The number of aryl methyl sites for hydroxylation is 1. The Kier molecular flexibility index (Phi) is 3.42. The van der Waals surface area contributed by atoms with Crippen LogP contribution in [0.25, 0.3) is 0 Å². The number of halogens is 1. The molecule has 0 aliphatic rings. The lowest BCUT2D eigenvalue weighted by Gasteiger charge is -2.03. The van der Waals surface area contributed by atoms with Gasteiger partial charge in [-0.05, 0) is 24.6 Å². The molecule has 0 spiro atoms. The van der Waals surface area contributed by atoms with Gasteiger partial charge in [0.25, 0.3) is 0 Å². The van der Waals surface area contributed by atoms with Crippen molar-refractivity contribution >= 4 is 29.6 Å². The maximum absolute atomic E-state index is 11.9. The van der Waals surface area contributed by atoms with Crippen LogP contribution in [0.3, 0.4) is 0 Å². The topological polar surface area (TPSA) is 63.6 Å². The minimum absolute atomic E-state index is 0.353. The van der Waals surface area contributed by atoms with Crippen LogP contribution in [-0.2, 0) is 19.0 Å². The van der Waals surface area contributed by atoms with E-state index in [9.17, 15) is 12.6 Å². The summed E-state index contributed by atoms with van der Waals surface area (Å²) in [6.07, 6.45) is 1.24. The Morgan fingerprint density at radius 2 is 1.87 bits per heavy atom. The fourth-order valence-corrected chi connectivity index (χ4v) is 4.47. The predicted octanol–water partition coefficient (Wildman–Crippen LogP) is 1.94. The molecular formula is C8H10ClNO3S2. The van der Waals surface area contributed by atoms with Crippen molar-refractivity contribution in [1.82, 2.24) is 0 Å². The van der Waals surface area contributed by atoms with Crippen LogP contribution in [0.4, 0.5) is 0 Å². The van der Waals surface area contributed by atoms with E-state index in [1.807, 2.05) is 13.0 Å². The van der Waals surface area contributed by atoms with Gasteiger partial charge in [-0.2, -0.15) is 8.42 Å². The minimum atomic E-state index is -4.12. The van der Waals surface area contributed by atoms with E-state index in [4.69, 9.17) is 10.7 Å². The Morgan fingerprint density at radius 3 is 2.33 bits per heavy atom. The largest absolute Gasteiger partial charge is 0.347 e. The molecule has 0 aliphatic carbocycles. The Balaban J connectivity index is 3.43. The van der Waals surface area contributed by atoms with Crippen LogP contribution >= 0.6 is 10.7 Å². The van der Waals surface area contributed by atoms with Gasteiger partial charge in [0.05, 0.1) is 9.73 Å². The molecule has 1 rings (SSSR count). The zero-order chi connectivity index (χ0) is 11.7. The lowest BCUT2D eigenvalue weighted by atomic mass is 10.2. The lowest BCUT2D eigenvalue weighted by Crippen LogP contribution is -2.00. The maximum atomic E-state index is 11.9. The van der Waals surface area contributed by atoms with E-state index in [2.05, 4.69) is 3.77 Å². The molecule has 1 aromatic carbocycles. The molecule has 0 amide bonds. The summed E-state index contributed by atoms with van der Waals surface area (Å²) in [6.45, 7) is 1.81. The van der Waals surface area contributed by atoms with Crippen LogP contribution in [0.1, 0.15) is 5.56 Å². The van der Waals surface area contributed by atoms with Gasteiger partial charge < -0.3 is 0 Å². The average molecular weight is 268 g/mol. The third kappa shape index (κ3) is 3.81. The van der Waals surface area contributed by atoms with Gasteiger partial charge in [0, 0.05) is 21.8 Å². The molecule has 4 nitrogen and oxygen atoms in total. The summed E-state index contributed by atoms with van der Waals surface area (Å²) >= 11 is 0. The van der Waals surface area contributed by atoms with E-state index >= 15 is 0 Å². The predicted molar refractivity (Wildman–Crippen MR) is 60.7 cm³/mol. The molecule has 15 heavy (non-hydrogen) atoms. The molecule has 7 heteroatoms. The van der Waals surface area contributed by atoms with E-state index in [0.717, 1.165) is 5.56 Å². The summed E-state index contributed by atoms with van der Waals surface area (Å²) in [4.78, 5) is 0.353. The van der Waals surface area contributed by atoms with E-state index < -0.39 is 19.0 Å². The van der Waals surface area contributed by atoms with Crippen molar-refractivity contribution in [2.75, 3.05) is 6.26 Å². The van der Waals surface area contributed by atoms with Crippen LogP contribution < -0.4 is 0 Å². The first kappa shape index (κ1) is 12.5. The van der Waals surface area contributed by atoms with E-state index in [1.54, 1.807) is 18.2 Å². The third-order valence-electron chi connectivity index (χ3n) is 1.66. The Morgan fingerprint density at radius 1 is 1.27 bits per heavy atom. The second-order valence-corrected chi connectivity index (χ2v) is 7.77. The molecule has 0 fully saturated rings. The summed E-state index contributed by atoms with van der Waals surface area (Å²) in [5, 5.41) is 0. The second-order valence-electron chi connectivity index (χ2n) is 3.11. The normalized spacial score (nSPS) is 15.7. The van der Waals surface area contributed by atoms with Crippen LogP contribution in [0.2, 0.25) is 0 Å². The molecule has 1 atom stereocenters. The average Bonchev–Trinajstić information content (AvgIpc) is 1.99. The molecule has 1 aromatic rings. The first-order chi connectivity index (χ1) is 6.71. The van der Waals surface area contributed by atoms with Gasteiger partial charge in [0.2, 0.25) is 0 Å². The van der Waals surface area contributed by atoms with Crippen molar-refractivity contribution < 1.29 is 12.6 Å². The van der Waals surface area contributed by atoms with Gasteiger partial charge in [-0.25, -0.2) is 4.21 Å². The summed E-state index contributed by atoms with van der Waals surface area (Å²) in [7, 11) is -2.17. The van der Waals surface area contributed by atoms with Gasteiger partial charge in [-0.1, -0.05) is 15.9 Å². The summed E-state index contributed by atoms with van der Waals surface area (Å²) in [5.74, 6) is 0. The van der Waals surface area contributed by atoms with Crippen molar-refractivity contribution in [1.29, 1.82) is 0 Å². The zero-order valence-corrected chi connectivity index (χ0v) is 10.6. The quantitative estimate of drug-likeness (QED) is 0.769. The molecule has 84 valence electrons. The molecule has 0 saturated carbocycles. The van der Waals surface area contributed by atoms with Gasteiger partial charge in [0.15, 0.2) is 0 Å². The van der Waals surface area contributed by atoms with Crippen molar-refractivity contribution in [2.45, 2.75) is 11.8 Å². The van der Waals surface area contributed by atoms with Crippen LogP contribution in [0.15, 0.2) is 32.9 Å². The maximum Gasteiger partial charge on any atom is 0.347 e. The zero-order valence-electron chi connectivity index (χ0n) is 8.18. The SMILES string of the molecule is Cc1cccc([S@](C)(=O)=NS(=O)(=O)Cl)c1. The lowest BCUT2D eigenvalue weighted by molar-refractivity contribution is 0.611. The monoisotopic (exact) mass is 267 g/mol. The summed E-state index contributed by atoms with van der Waals surface area (Å²) < 4.78 is 36.5. The van der Waals surface area contributed by atoms with E-state index in [-0.39, 0.29) is 0 Å². The highest BCUT2D eigenvalue weighted by Crippen LogP contribution is 2.15. The fraction of sp³-hybridized carbons (Fsp3) is 0.250. The van der Waals surface area contributed by atoms with Crippen molar-refractivity contribution in [3.63, 3.8) is 0 Å². The minimum Gasteiger partial charge on any atom is -0.244 e. The summed E-state index contributed by atoms with van der Waals surface area (Å²) in [5.41, 5.74) is 0.879. The Bertz CT molecular complexity index is 586. The molecule has 0 aliphatic heterocycles. The first-order valence-corrected chi connectivity index (χ1v) is 8.14. The number of hydrogen-bond donors (Lipinski definition) is 0. The molecule has 0 N–H and O–H groups in total. The third-order valence-corrected chi connectivity index (χ3v) is 5.14. The molecule has 0 heterocycles. The van der Waals surface area contributed by atoms with E-state index in [0.29, 0.717) is 4.90 Å². The molecule has 0 unspecified atom stereocenters. The highest BCUT2D eigenvalue weighted by molar-refractivity contribution is 8.17. The highest BCUT2D eigenvalue weighted by atomic mass is 35.7. The van der Waals surface area contributed by atoms with Crippen molar-refractivity contribution in [3.8, 4) is 0 Å². The Hall–Kier alpha value is -0.590. The highest BCUT2D eigenvalue weighted by Gasteiger charge is 2.11. The smallest absolute Gasteiger partial charge is 0.244 e.